The normalized spacial score (nSPS) is 21.9. The highest BCUT2D eigenvalue weighted by molar-refractivity contribution is 5.92. The van der Waals surface area contributed by atoms with E-state index in [4.69, 9.17) is 5.11 Å². The predicted molar refractivity (Wildman–Crippen MR) is 72.1 cm³/mol. The van der Waals surface area contributed by atoms with Crippen LogP contribution in [0.2, 0.25) is 0 Å². The summed E-state index contributed by atoms with van der Waals surface area (Å²) >= 11 is 0. The van der Waals surface area contributed by atoms with Crippen LogP contribution in [0.25, 0.3) is 0 Å². The average Bonchev–Trinajstić information content (AvgIpc) is 2.79. The first-order valence-electron chi connectivity index (χ1n) is 6.44. The minimum Gasteiger partial charge on any atom is -0.481 e. The Bertz CT molecular complexity index is 535. The Morgan fingerprint density at radius 2 is 2.15 bits per heavy atom. The molecule has 1 aliphatic rings. The molecule has 2 atom stereocenters. The Hall–Kier alpha value is -2.11. The average molecular weight is 280 g/mol. The summed E-state index contributed by atoms with van der Waals surface area (Å²) < 4.78 is 13.2. The molecule has 2 unspecified atom stereocenters. The number of urea groups is 1. The van der Waals surface area contributed by atoms with E-state index < -0.39 is 17.7 Å². The molecule has 0 saturated carbocycles. The van der Waals surface area contributed by atoms with Gasteiger partial charge in [0.25, 0.3) is 0 Å². The minimum absolute atomic E-state index is 0.313. The van der Waals surface area contributed by atoms with Crippen molar-refractivity contribution >= 4 is 17.7 Å². The fraction of sp³-hybridized carbons (Fsp3) is 0.429. The topological polar surface area (TPSA) is 60.9 Å². The molecular weight excluding hydrogens is 263 g/mol. The molecule has 1 heterocycles. The molecule has 1 aromatic rings. The summed E-state index contributed by atoms with van der Waals surface area (Å²) in [7, 11) is 1.55. The number of nitrogens with zero attached hydrogens (tertiary/aromatic N) is 2. The van der Waals surface area contributed by atoms with Gasteiger partial charge in [0, 0.05) is 25.3 Å². The lowest BCUT2D eigenvalue weighted by atomic mass is 10.0. The van der Waals surface area contributed by atoms with Crippen LogP contribution in [0, 0.1) is 11.7 Å². The van der Waals surface area contributed by atoms with E-state index in [1.807, 2.05) is 0 Å². The lowest BCUT2D eigenvalue weighted by Crippen LogP contribution is -2.44. The van der Waals surface area contributed by atoms with E-state index in [0.717, 1.165) is 0 Å². The summed E-state index contributed by atoms with van der Waals surface area (Å²) in [6, 6.07) is 5.06. The van der Waals surface area contributed by atoms with Gasteiger partial charge in [0.05, 0.1) is 5.92 Å². The number of carbonyl (C=O) groups is 2. The summed E-state index contributed by atoms with van der Waals surface area (Å²) in [5.41, 5.74) is 0.445. The summed E-state index contributed by atoms with van der Waals surface area (Å²) in [6.45, 7) is 2.12. The molecule has 6 heteroatoms. The van der Waals surface area contributed by atoms with Gasteiger partial charge in [0.2, 0.25) is 0 Å². The molecule has 1 aromatic carbocycles. The third-order valence-electron chi connectivity index (χ3n) is 3.80. The van der Waals surface area contributed by atoms with Crippen LogP contribution in [0.15, 0.2) is 24.3 Å². The molecule has 1 aliphatic heterocycles. The monoisotopic (exact) mass is 280 g/mol. The van der Waals surface area contributed by atoms with Gasteiger partial charge in [-0.15, -0.1) is 0 Å². The van der Waals surface area contributed by atoms with Gasteiger partial charge in [0.15, 0.2) is 0 Å². The largest absolute Gasteiger partial charge is 0.481 e. The minimum atomic E-state index is -0.888. The van der Waals surface area contributed by atoms with Gasteiger partial charge < -0.3 is 10.0 Å². The Balaban J connectivity index is 2.14. The SMILES string of the molecule is CC1C(C(=O)O)CCN1C(=O)N(C)c1cccc(F)c1. The highest BCUT2D eigenvalue weighted by Gasteiger charge is 2.39. The summed E-state index contributed by atoms with van der Waals surface area (Å²) in [6.07, 6.45) is 0.444. The number of rotatable bonds is 2. The molecule has 1 fully saturated rings. The lowest BCUT2D eigenvalue weighted by Gasteiger charge is -2.28. The van der Waals surface area contributed by atoms with Gasteiger partial charge in [-0.25, -0.2) is 9.18 Å². The first kappa shape index (κ1) is 14.3. The molecule has 0 bridgehead atoms. The van der Waals surface area contributed by atoms with Gasteiger partial charge in [0.1, 0.15) is 5.82 Å². The second-order valence-electron chi connectivity index (χ2n) is 4.99. The molecule has 108 valence electrons. The molecule has 2 amide bonds. The first-order chi connectivity index (χ1) is 9.41. The van der Waals surface area contributed by atoms with Crippen LogP contribution in [0.4, 0.5) is 14.9 Å². The molecule has 0 spiro atoms. The molecule has 1 saturated heterocycles. The van der Waals surface area contributed by atoms with Crippen LogP contribution >= 0.6 is 0 Å². The fourth-order valence-electron chi connectivity index (χ4n) is 2.53. The number of anilines is 1. The van der Waals surface area contributed by atoms with Crippen LogP contribution in [0.5, 0.6) is 0 Å². The second-order valence-corrected chi connectivity index (χ2v) is 4.99. The van der Waals surface area contributed by atoms with Crippen molar-refractivity contribution in [1.29, 1.82) is 0 Å². The van der Waals surface area contributed by atoms with Crippen molar-refractivity contribution in [2.24, 2.45) is 5.92 Å². The van der Waals surface area contributed by atoms with Gasteiger partial charge in [-0.3, -0.25) is 9.69 Å². The van der Waals surface area contributed by atoms with Crippen molar-refractivity contribution in [2.45, 2.75) is 19.4 Å². The Morgan fingerprint density at radius 1 is 1.45 bits per heavy atom. The van der Waals surface area contributed by atoms with Gasteiger partial charge in [-0.05, 0) is 31.5 Å². The number of carboxylic acid groups (broad SMARTS) is 1. The Kier molecular flexibility index (Phi) is 3.92. The first-order valence-corrected chi connectivity index (χ1v) is 6.44. The van der Waals surface area contributed by atoms with Crippen LogP contribution in [-0.2, 0) is 4.79 Å². The van der Waals surface area contributed by atoms with Gasteiger partial charge in [-0.2, -0.15) is 0 Å². The predicted octanol–water partition coefficient (Wildman–Crippen LogP) is 2.18. The van der Waals surface area contributed by atoms with Crippen molar-refractivity contribution in [2.75, 3.05) is 18.5 Å². The third-order valence-corrected chi connectivity index (χ3v) is 3.80. The zero-order valence-electron chi connectivity index (χ0n) is 11.4. The fourth-order valence-corrected chi connectivity index (χ4v) is 2.53. The number of benzene rings is 1. The molecule has 20 heavy (non-hydrogen) atoms. The molecule has 0 radical (unpaired) electrons. The number of halogens is 1. The van der Waals surface area contributed by atoms with E-state index >= 15 is 0 Å². The van der Waals surface area contributed by atoms with E-state index in [0.29, 0.717) is 18.7 Å². The number of amides is 2. The van der Waals surface area contributed by atoms with Gasteiger partial charge >= 0.3 is 12.0 Å². The molecule has 2 rings (SSSR count). The number of carbonyl (C=O) groups excluding carboxylic acids is 1. The highest BCUT2D eigenvalue weighted by atomic mass is 19.1. The van der Waals surface area contributed by atoms with E-state index in [2.05, 4.69) is 0 Å². The van der Waals surface area contributed by atoms with E-state index in [9.17, 15) is 14.0 Å². The highest BCUT2D eigenvalue weighted by Crippen LogP contribution is 2.26. The van der Waals surface area contributed by atoms with Crippen LogP contribution in [0.1, 0.15) is 13.3 Å². The quantitative estimate of drug-likeness (QED) is 0.903. The zero-order valence-corrected chi connectivity index (χ0v) is 11.4. The van der Waals surface area contributed by atoms with Crippen molar-refractivity contribution in [3.63, 3.8) is 0 Å². The number of carboxylic acids is 1. The van der Waals surface area contributed by atoms with Crippen molar-refractivity contribution in [3.8, 4) is 0 Å². The number of hydrogen-bond donors (Lipinski definition) is 1. The van der Waals surface area contributed by atoms with Crippen LogP contribution < -0.4 is 4.90 Å². The van der Waals surface area contributed by atoms with E-state index in [1.54, 1.807) is 20.0 Å². The molecule has 5 nitrogen and oxygen atoms in total. The van der Waals surface area contributed by atoms with Crippen molar-refractivity contribution in [1.82, 2.24) is 4.90 Å². The maximum atomic E-state index is 13.2. The molecule has 1 N–H and O–H groups in total. The number of likely N-dealkylation sites (tertiary alicyclic amines) is 1. The second kappa shape index (κ2) is 5.48. The summed E-state index contributed by atoms with van der Waals surface area (Å²) in [5.74, 6) is -1.85. The van der Waals surface area contributed by atoms with Gasteiger partial charge in [-0.1, -0.05) is 6.07 Å². The molecule has 0 aromatic heterocycles. The van der Waals surface area contributed by atoms with E-state index in [-0.39, 0.29) is 12.1 Å². The van der Waals surface area contributed by atoms with Crippen LogP contribution in [0.3, 0.4) is 0 Å². The maximum absolute atomic E-state index is 13.2. The molecule has 0 aliphatic carbocycles. The maximum Gasteiger partial charge on any atom is 0.324 e. The lowest BCUT2D eigenvalue weighted by molar-refractivity contribution is -0.142. The number of hydrogen-bond acceptors (Lipinski definition) is 2. The Labute approximate surface area is 116 Å². The van der Waals surface area contributed by atoms with Crippen molar-refractivity contribution < 1.29 is 19.1 Å². The smallest absolute Gasteiger partial charge is 0.324 e. The molecular formula is C14H17FN2O3. The standard InChI is InChI=1S/C14H17FN2O3/c1-9-12(13(18)19)6-7-17(9)14(20)16(2)11-5-3-4-10(15)8-11/h3-5,8-9,12H,6-7H2,1-2H3,(H,18,19). The zero-order chi connectivity index (χ0) is 14.9. The Morgan fingerprint density at radius 3 is 2.70 bits per heavy atom. The number of aliphatic carboxylic acids is 1. The van der Waals surface area contributed by atoms with Crippen molar-refractivity contribution in [3.05, 3.63) is 30.1 Å². The summed E-state index contributed by atoms with van der Waals surface area (Å²) in [5, 5.41) is 9.07. The summed E-state index contributed by atoms with van der Waals surface area (Å²) in [4.78, 5) is 26.3. The van der Waals surface area contributed by atoms with E-state index in [1.165, 1.54) is 28.0 Å². The third kappa shape index (κ3) is 2.59. The van der Waals surface area contributed by atoms with Crippen LogP contribution in [-0.4, -0.2) is 41.6 Å².